The maximum absolute atomic E-state index is 10.7. The Hall–Kier alpha value is -0.370. The second-order valence-corrected chi connectivity index (χ2v) is 2.25. The molecule has 1 heterocycles. The first-order valence-electron chi connectivity index (χ1n) is 3.05. The topological polar surface area (TPSA) is 29.1 Å². The molecule has 2 heteroatoms. The van der Waals surface area contributed by atoms with Crippen LogP contribution in [-0.2, 0) is 4.79 Å². The smallest absolute Gasteiger partial charge is 0.166 e. The van der Waals surface area contributed by atoms with Crippen molar-refractivity contribution in [1.82, 2.24) is 5.32 Å². The zero-order valence-electron chi connectivity index (χ0n) is 5.27. The third-order valence-corrected chi connectivity index (χ3v) is 1.63. The Morgan fingerprint density at radius 3 is 2.50 bits per heavy atom. The predicted octanol–water partition coefficient (Wildman–Crippen LogP) is 0.326. The van der Waals surface area contributed by atoms with E-state index in [-0.39, 0.29) is 12.1 Å². The second-order valence-electron chi connectivity index (χ2n) is 2.25. The van der Waals surface area contributed by atoms with Crippen LogP contribution in [0.5, 0.6) is 0 Å². The van der Waals surface area contributed by atoms with Crippen LogP contribution in [0.25, 0.3) is 0 Å². The average molecular weight is 113 g/mol. The standard InChI is InChI=1S/C6H11NO/c1-3-5-6(8)4(2)7-5/h4-5,7H,3H2,1-2H3. The molecule has 1 aliphatic rings. The summed E-state index contributed by atoms with van der Waals surface area (Å²) in [6, 6.07) is 0.296. The van der Waals surface area contributed by atoms with Crippen molar-refractivity contribution in [3.8, 4) is 0 Å². The molecule has 1 N–H and O–H groups in total. The van der Waals surface area contributed by atoms with Crippen LogP contribution in [0.1, 0.15) is 20.3 Å². The van der Waals surface area contributed by atoms with Gasteiger partial charge in [-0.25, -0.2) is 0 Å². The summed E-state index contributed by atoms with van der Waals surface area (Å²) in [5.41, 5.74) is 0. The highest BCUT2D eigenvalue weighted by atomic mass is 16.1. The van der Waals surface area contributed by atoms with Gasteiger partial charge in [-0.3, -0.25) is 10.1 Å². The third kappa shape index (κ3) is 0.650. The number of ketones is 1. The normalized spacial score (nSPS) is 37.0. The van der Waals surface area contributed by atoms with E-state index in [4.69, 9.17) is 0 Å². The number of hydrogen-bond acceptors (Lipinski definition) is 2. The van der Waals surface area contributed by atoms with Gasteiger partial charge >= 0.3 is 0 Å². The zero-order chi connectivity index (χ0) is 6.15. The molecule has 0 amide bonds. The van der Waals surface area contributed by atoms with Crippen molar-refractivity contribution in [1.29, 1.82) is 0 Å². The Labute approximate surface area is 49.3 Å². The van der Waals surface area contributed by atoms with Crippen LogP contribution >= 0.6 is 0 Å². The van der Waals surface area contributed by atoms with Crippen molar-refractivity contribution in [2.75, 3.05) is 0 Å². The van der Waals surface area contributed by atoms with Gasteiger partial charge in [0.2, 0.25) is 0 Å². The maximum Gasteiger partial charge on any atom is 0.166 e. The van der Waals surface area contributed by atoms with E-state index in [1.54, 1.807) is 0 Å². The molecular formula is C6H11NO. The minimum Gasteiger partial charge on any atom is -0.298 e. The quantitative estimate of drug-likeness (QED) is 0.530. The molecule has 0 aromatic carbocycles. The van der Waals surface area contributed by atoms with E-state index in [0.29, 0.717) is 5.78 Å². The molecule has 2 unspecified atom stereocenters. The first kappa shape index (κ1) is 5.76. The van der Waals surface area contributed by atoms with E-state index >= 15 is 0 Å². The van der Waals surface area contributed by atoms with Crippen LogP contribution in [0.3, 0.4) is 0 Å². The molecule has 1 aliphatic heterocycles. The summed E-state index contributed by atoms with van der Waals surface area (Å²) < 4.78 is 0. The molecule has 1 fully saturated rings. The Kier molecular flexibility index (Phi) is 1.34. The average Bonchev–Trinajstić information content (AvgIpc) is 1.81. The fourth-order valence-corrected chi connectivity index (χ4v) is 0.991. The van der Waals surface area contributed by atoms with Crippen molar-refractivity contribution in [3.05, 3.63) is 0 Å². The molecule has 1 saturated heterocycles. The van der Waals surface area contributed by atoms with Gasteiger partial charge in [-0.1, -0.05) is 6.92 Å². The van der Waals surface area contributed by atoms with Gasteiger partial charge in [-0.15, -0.1) is 0 Å². The maximum atomic E-state index is 10.7. The van der Waals surface area contributed by atoms with Crippen LogP contribution in [0, 0.1) is 0 Å². The first-order chi connectivity index (χ1) is 3.75. The lowest BCUT2D eigenvalue weighted by Crippen LogP contribution is -2.60. The second kappa shape index (κ2) is 1.86. The van der Waals surface area contributed by atoms with Gasteiger partial charge in [-0.05, 0) is 13.3 Å². The number of hydrogen-bond donors (Lipinski definition) is 1. The van der Waals surface area contributed by atoms with Gasteiger partial charge < -0.3 is 0 Å². The SMILES string of the molecule is CCC1NC(C)C1=O. The fraction of sp³-hybridized carbons (Fsp3) is 0.833. The predicted molar refractivity (Wildman–Crippen MR) is 31.7 cm³/mol. The molecule has 0 radical (unpaired) electrons. The first-order valence-corrected chi connectivity index (χ1v) is 3.05. The molecule has 46 valence electrons. The van der Waals surface area contributed by atoms with E-state index in [1.165, 1.54) is 0 Å². The minimum absolute atomic E-state index is 0.125. The summed E-state index contributed by atoms with van der Waals surface area (Å²) in [5, 5.41) is 3.09. The van der Waals surface area contributed by atoms with Gasteiger partial charge in [0, 0.05) is 0 Å². The minimum atomic E-state index is 0.125. The lowest BCUT2D eigenvalue weighted by Gasteiger charge is -2.31. The molecule has 1 rings (SSSR count). The van der Waals surface area contributed by atoms with Crippen LogP contribution in [0.2, 0.25) is 0 Å². The molecule has 2 nitrogen and oxygen atoms in total. The van der Waals surface area contributed by atoms with Gasteiger partial charge in [0.25, 0.3) is 0 Å². The number of nitrogens with one attached hydrogen (secondary N) is 1. The monoisotopic (exact) mass is 113 g/mol. The van der Waals surface area contributed by atoms with Crippen molar-refractivity contribution in [3.63, 3.8) is 0 Å². The Bertz CT molecular complexity index is 111. The molecular weight excluding hydrogens is 102 g/mol. The molecule has 0 aliphatic carbocycles. The number of carbonyl (C=O) groups excluding carboxylic acids is 1. The molecule has 0 aromatic rings. The highest BCUT2D eigenvalue weighted by Crippen LogP contribution is 2.08. The Morgan fingerprint density at radius 2 is 2.38 bits per heavy atom. The lowest BCUT2D eigenvalue weighted by molar-refractivity contribution is -0.129. The summed E-state index contributed by atoms with van der Waals surface area (Å²) >= 11 is 0. The largest absolute Gasteiger partial charge is 0.298 e. The summed E-state index contributed by atoms with van der Waals surface area (Å²) in [5.74, 6) is 0.368. The van der Waals surface area contributed by atoms with E-state index in [9.17, 15) is 4.79 Å². The van der Waals surface area contributed by atoms with E-state index < -0.39 is 0 Å². The number of Topliss-reactive ketones (excluding diaryl/α,β-unsaturated/α-hetero) is 1. The molecule has 0 bridgehead atoms. The summed E-state index contributed by atoms with van der Waals surface area (Å²) in [4.78, 5) is 10.7. The third-order valence-electron chi connectivity index (χ3n) is 1.63. The summed E-state index contributed by atoms with van der Waals surface area (Å²) in [7, 11) is 0. The van der Waals surface area contributed by atoms with E-state index in [1.807, 2.05) is 13.8 Å². The number of carbonyl (C=O) groups is 1. The van der Waals surface area contributed by atoms with E-state index in [0.717, 1.165) is 6.42 Å². The van der Waals surface area contributed by atoms with Gasteiger partial charge in [0.15, 0.2) is 5.78 Å². The highest BCUT2D eigenvalue weighted by Gasteiger charge is 2.32. The van der Waals surface area contributed by atoms with Crippen LogP contribution in [-0.4, -0.2) is 17.9 Å². The number of rotatable bonds is 1. The molecule has 0 saturated carbocycles. The van der Waals surface area contributed by atoms with Gasteiger partial charge in [0.05, 0.1) is 12.1 Å². The molecule has 0 spiro atoms. The zero-order valence-corrected chi connectivity index (χ0v) is 5.27. The fourth-order valence-electron chi connectivity index (χ4n) is 0.991. The van der Waals surface area contributed by atoms with Crippen molar-refractivity contribution < 1.29 is 4.79 Å². The summed E-state index contributed by atoms with van der Waals surface area (Å²) in [6.45, 7) is 3.91. The van der Waals surface area contributed by atoms with E-state index in [2.05, 4.69) is 5.32 Å². The summed E-state index contributed by atoms with van der Waals surface area (Å²) in [6.07, 6.45) is 0.934. The van der Waals surface area contributed by atoms with Gasteiger partial charge in [-0.2, -0.15) is 0 Å². The van der Waals surface area contributed by atoms with Crippen molar-refractivity contribution >= 4 is 5.78 Å². The molecule has 8 heavy (non-hydrogen) atoms. The lowest BCUT2D eigenvalue weighted by atomic mass is 9.95. The Balaban J connectivity index is 2.36. The Morgan fingerprint density at radius 1 is 1.75 bits per heavy atom. The van der Waals surface area contributed by atoms with Crippen LogP contribution in [0.15, 0.2) is 0 Å². The van der Waals surface area contributed by atoms with Crippen LogP contribution < -0.4 is 5.32 Å². The van der Waals surface area contributed by atoms with Crippen molar-refractivity contribution in [2.24, 2.45) is 0 Å². The molecule has 2 atom stereocenters. The highest BCUT2D eigenvalue weighted by molar-refractivity contribution is 5.94. The van der Waals surface area contributed by atoms with Crippen LogP contribution in [0.4, 0.5) is 0 Å². The van der Waals surface area contributed by atoms with Gasteiger partial charge in [0.1, 0.15) is 0 Å². The molecule has 0 aromatic heterocycles. The van der Waals surface area contributed by atoms with Crippen molar-refractivity contribution in [2.45, 2.75) is 32.4 Å².